The van der Waals surface area contributed by atoms with Gasteiger partial charge in [0.05, 0.1) is 5.69 Å². The molecular formula is C16H16FN5. The van der Waals surface area contributed by atoms with Gasteiger partial charge in [0, 0.05) is 25.3 Å². The topological polar surface area (TPSA) is 64.8 Å². The molecule has 112 valence electrons. The number of piperidine rings is 1. The van der Waals surface area contributed by atoms with Gasteiger partial charge in [-0.2, -0.15) is 5.26 Å². The Labute approximate surface area is 128 Å². The van der Waals surface area contributed by atoms with Gasteiger partial charge in [-0.05, 0) is 31.0 Å². The largest absolute Gasteiger partial charge is 0.368 e. The lowest BCUT2D eigenvalue weighted by Gasteiger charge is -2.35. The minimum Gasteiger partial charge on any atom is -0.368 e. The third-order valence-corrected chi connectivity index (χ3v) is 3.80. The van der Waals surface area contributed by atoms with Crippen molar-refractivity contribution < 1.29 is 4.39 Å². The molecule has 1 saturated heterocycles. The van der Waals surface area contributed by atoms with E-state index in [1.807, 2.05) is 12.1 Å². The second-order valence-corrected chi connectivity index (χ2v) is 5.27. The number of hydrogen-bond acceptors (Lipinski definition) is 5. The van der Waals surface area contributed by atoms with Crippen molar-refractivity contribution in [3.05, 3.63) is 48.2 Å². The van der Waals surface area contributed by atoms with Crippen molar-refractivity contribution in [2.45, 2.75) is 18.9 Å². The summed E-state index contributed by atoms with van der Waals surface area (Å²) in [5, 5.41) is 12.5. The Kier molecular flexibility index (Phi) is 4.15. The number of nitrogens with one attached hydrogen (secondary N) is 1. The maximum Gasteiger partial charge on any atom is 0.143 e. The van der Waals surface area contributed by atoms with Crippen LogP contribution in [0.3, 0.4) is 0 Å². The van der Waals surface area contributed by atoms with E-state index < -0.39 is 5.82 Å². The first-order chi connectivity index (χ1) is 10.8. The zero-order valence-corrected chi connectivity index (χ0v) is 12.0. The second-order valence-electron chi connectivity index (χ2n) is 5.27. The first-order valence-electron chi connectivity index (χ1n) is 7.24. The predicted molar refractivity (Wildman–Crippen MR) is 82.0 cm³/mol. The van der Waals surface area contributed by atoms with Gasteiger partial charge in [0.15, 0.2) is 0 Å². The molecule has 3 rings (SSSR count). The van der Waals surface area contributed by atoms with E-state index in [4.69, 9.17) is 0 Å². The van der Waals surface area contributed by atoms with Crippen molar-refractivity contribution in [2.24, 2.45) is 0 Å². The molecule has 0 bridgehead atoms. The molecule has 0 radical (unpaired) electrons. The van der Waals surface area contributed by atoms with Crippen molar-refractivity contribution in [1.82, 2.24) is 9.97 Å². The normalized spacial score (nSPS) is 17.8. The maximum atomic E-state index is 13.8. The molecule has 1 aromatic carbocycles. The Morgan fingerprint density at radius 2 is 2.27 bits per heavy atom. The number of nitriles is 1. The van der Waals surface area contributed by atoms with Crippen LogP contribution in [0.15, 0.2) is 36.8 Å². The van der Waals surface area contributed by atoms with Crippen molar-refractivity contribution >= 4 is 11.5 Å². The highest BCUT2D eigenvalue weighted by atomic mass is 19.1. The average molecular weight is 297 g/mol. The highest BCUT2D eigenvalue weighted by molar-refractivity contribution is 5.60. The number of benzene rings is 1. The summed E-state index contributed by atoms with van der Waals surface area (Å²) in [6, 6.07) is 8.76. The van der Waals surface area contributed by atoms with E-state index in [1.165, 1.54) is 12.4 Å². The van der Waals surface area contributed by atoms with Crippen LogP contribution in [0.2, 0.25) is 0 Å². The van der Waals surface area contributed by atoms with Gasteiger partial charge in [0.1, 0.15) is 29.6 Å². The fraction of sp³-hybridized carbons (Fsp3) is 0.312. The van der Waals surface area contributed by atoms with Crippen LogP contribution in [0.25, 0.3) is 0 Å². The van der Waals surface area contributed by atoms with Gasteiger partial charge in [0.25, 0.3) is 0 Å². The van der Waals surface area contributed by atoms with E-state index in [2.05, 4.69) is 20.2 Å². The summed E-state index contributed by atoms with van der Waals surface area (Å²) in [4.78, 5) is 10.1. The Morgan fingerprint density at radius 3 is 3.05 bits per heavy atom. The summed E-state index contributed by atoms with van der Waals surface area (Å²) in [6.07, 6.45) is 5.18. The number of aromatic nitrogens is 2. The van der Waals surface area contributed by atoms with Gasteiger partial charge in [-0.3, -0.25) is 0 Å². The summed E-state index contributed by atoms with van der Waals surface area (Å²) in [7, 11) is 0. The molecule has 22 heavy (non-hydrogen) atoms. The van der Waals surface area contributed by atoms with Crippen LogP contribution in [0.5, 0.6) is 0 Å². The number of anilines is 2. The van der Waals surface area contributed by atoms with Crippen molar-refractivity contribution in [3.63, 3.8) is 0 Å². The molecule has 1 unspecified atom stereocenters. The molecule has 1 aliphatic rings. The molecule has 0 saturated carbocycles. The third kappa shape index (κ3) is 2.98. The zero-order valence-electron chi connectivity index (χ0n) is 12.0. The van der Waals surface area contributed by atoms with Crippen LogP contribution in [0, 0.1) is 17.1 Å². The van der Waals surface area contributed by atoms with Crippen molar-refractivity contribution in [3.8, 4) is 6.07 Å². The van der Waals surface area contributed by atoms with Crippen molar-refractivity contribution in [1.29, 1.82) is 5.26 Å². The van der Waals surface area contributed by atoms with E-state index in [0.29, 0.717) is 12.2 Å². The fourth-order valence-electron chi connectivity index (χ4n) is 2.79. The highest BCUT2D eigenvalue weighted by Crippen LogP contribution is 2.26. The standard InChI is InChI=1S/C16H16FN5/c17-14-4-1-5-15(13(14)9-18)22-8-2-3-12(10-22)21-16-6-7-19-11-20-16/h1,4-7,11-12H,2-3,8,10H2,(H,19,20,21). The van der Waals surface area contributed by atoms with Crippen LogP contribution >= 0.6 is 0 Å². The molecule has 1 atom stereocenters. The third-order valence-electron chi connectivity index (χ3n) is 3.80. The number of rotatable bonds is 3. The molecule has 0 aliphatic carbocycles. The van der Waals surface area contributed by atoms with Crippen LogP contribution < -0.4 is 10.2 Å². The molecule has 1 fully saturated rings. The molecular weight excluding hydrogens is 281 g/mol. The lowest BCUT2D eigenvalue weighted by molar-refractivity contribution is 0.527. The number of hydrogen-bond donors (Lipinski definition) is 1. The smallest absolute Gasteiger partial charge is 0.143 e. The number of halogens is 1. The molecule has 2 heterocycles. The van der Waals surface area contributed by atoms with Gasteiger partial charge in [0.2, 0.25) is 0 Å². The monoisotopic (exact) mass is 297 g/mol. The maximum absolute atomic E-state index is 13.8. The molecule has 1 aromatic heterocycles. The summed E-state index contributed by atoms with van der Waals surface area (Å²) in [5.74, 6) is 0.312. The Morgan fingerprint density at radius 1 is 1.36 bits per heavy atom. The van der Waals surface area contributed by atoms with Gasteiger partial charge in [-0.25, -0.2) is 14.4 Å². The molecule has 5 nitrogen and oxygen atoms in total. The highest BCUT2D eigenvalue weighted by Gasteiger charge is 2.23. The minimum atomic E-state index is -0.467. The van der Waals surface area contributed by atoms with Gasteiger partial charge >= 0.3 is 0 Å². The van der Waals surface area contributed by atoms with E-state index in [1.54, 1.807) is 18.3 Å². The van der Waals surface area contributed by atoms with Crippen LogP contribution in [0.1, 0.15) is 18.4 Å². The van der Waals surface area contributed by atoms with Gasteiger partial charge in [-0.1, -0.05) is 6.07 Å². The van der Waals surface area contributed by atoms with E-state index in [9.17, 15) is 9.65 Å². The van der Waals surface area contributed by atoms with Gasteiger partial charge < -0.3 is 10.2 Å². The predicted octanol–water partition coefficient (Wildman–Crippen LogP) is 2.57. The van der Waals surface area contributed by atoms with Crippen molar-refractivity contribution in [2.75, 3.05) is 23.3 Å². The molecule has 1 N–H and O–H groups in total. The summed E-state index contributed by atoms with van der Waals surface area (Å²) < 4.78 is 13.8. The zero-order chi connectivity index (χ0) is 15.4. The number of nitrogens with zero attached hydrogens (tertiary/aromatic N) is 4. The first-order valence-corrected chi connectivity index (χ1v) is 7.24. The molecule has 6 heteroatoms. The first kappa shape index (κ1) is 14.3. The van der Waals surface area contributed by atoms with E-state index in [-0.39, 0.29) is 11.6 Å². The van der Waals surface area contributed by atoms with Crippen LogP contribution in [-0.4, -0.2) is 29.1 Å². The molecule has 0 amide bonds. The second kappa shape index (κ2) is 6.39. The molecule has 0 spiro atoms. The Bertz CT molecular complexity index is 683. The molecule has 1 aliphatic heterocycles. The van der Waals surface area contributed by atoms with E-state index >= 15 is 0 Å². The lowest BCUT2D eigenvalue weighted by atomic mass is 10.0. The van der Waals surface area contributed by atoms with Crippen LogP contribution in [0.4, 0.5) is 15.9 Å². The fourth-order valence-corrected chi connectivity index (χ4v) is 2.79. The minimum absolute atomic E-state index is 0.116. The van der Waals surface area contributed by atoms with Gasteiger partial charge in [-0.15, -0.1) is 0 Å². The summed E-state index contributed by atoms with van der Waals surface area (Å²) in [5.41, 5.74) is 0.780. The van der Waals surface area contributed by atoms with E-state index in [0.717, 1.165) is 25.2 Å². The summed E-state index contributed by atoms with van der Waals surface area (Å²) >= 11 is 0. The summed E-state index contributed by atoms with van der Waals surface area (Å²) in [6.45, 7) is 1.53. The van der Waals surface area contributed by atoms with Crippen LogP contribution in [-0.2, 0) is 0 Å². The Balaban J connectivity index is 1.76. The quantitative estimate of drug-likeness (QED) is 0.943. The molecule has 2 aromatic rings. The SMILES string of the molecule is N#Cc1c(F)cccc1N1CCCC(Nc2ccncn2)C1. The Hall–Kier alpha value is -2.68. The lowest BCUT2D eigenvalue weighted by Crippen LogP contribution is -2.42. The average Bonchev–Trinajstić information content (AvgIpc) is 2.56.